The summed E-state index contributed by atoms with van der Waals surface area (Å²) in [6.45, 7) is 1.30. The first-order valence-electron chi connectivity index (χ1n) is 6.23. The summed E-state index contributed by atoms with van der Waals surface area (Å²) in [4.78, 5) is 23.1. The van der Waals surface area contributed by atoms with Crippen LogP contribution in [0.4, 0.5) is 0 Å². The van der Waals surface area contributed by atoms with E-state index in [2.05, 4.69) is 10.4 Å². The normalized spacial score (nSPS) is 10.2. The number of likely N-dealkylation sites (N-methyl/N-ethyl adjacent to an activating group) is 1. The first-order chi connectivity index (χ1) is 10.0. The van der Waals surface area contributed by atoms with Crippen molar-refractivity contribution in [2.45, 2.75) is 6.92 Å². The maximum Gasteiger partial charge on any atom is 0.343 e. The van der Waals surface area contributed by atoms with Gasteiger partial charge in [-0.15, -0.1) is 0 Å². The molecule has 2 aromatic rings. The van der Waals surface area contributed by atoms with E-state index in [4.69, 9.17) is 16.3 Å². The van der Waals surface area contributed by atoms with Crippen LogP contribution in [-0.4, -0.2) is 35.3 Å². The Hall–Kier alpha value is -2.34. The molecule has 1 N–H and O–H groups in total. The molecule has 1 amide bonds. The van der Waals surface area contributed by atoms with Gasteiger partial charge in [0.05, 0.1) is 11.4 Å². The molecule has 1 heterocycles. The highest BCUT2D eigenvalue weighted by Gasteiger charge is 2.22. The molecule has 0 aliphatic rings. The lowest BCUT2D eigenvalue weighted by molar-refractivity contribution is -0.123. The Morgan fingerprint density at radius 1 is 1.33 bits per heavy atom. The summed E-state index contributed by atoms with van der Waals surface area (Å²) >= 11 is 6.21. The Labute approximate surface area is 126 Å². The van der Waals surface area contributed by atoms with E-state index >= 15 is 0 Å². The maximum absolute atomic E-state index is 12.0. The lowest BCUT2D eigenvalue weighted by Crippen LogP contribution is -2.25. The number of hydrogen-bond acceptors (Lipinski definition) is 4. The number of esters is 1. The van der Waals surface area contributed by atoms with Gasteiger partial charge in [-0.3, -0.25) is 4.79 Å². The molecule has 6 nitrogen and oxygen atoms in total. The summed E-state index contributed by atoms with van der Waals surface area (Å²) in [5.74, 6) is -1.07. The summed E-state index contributed by atoms with van der Waals surface area (Å²) in [5, 5.41) is 6.75. The van der Waals surface area contributed by atoms with E-state index in [1.165, 1.54) is 11.7 Å². The Bertz CT molecular complexity index is 668. The third-order valence-electron chi connectivity index (χ3n) is 2.82. The van der Waals surface area contributed by atoms with Crippen LogP contribution < -0.4 is 5.32 Å². The smallest absolute Gasteiger partial charge is 0.343 e. The number of amides is 1. The average molecular weight is 308 g/mol. The van der Waals surface area contributed by atoms with Crippen molar-refractivity contribution in [1.82, 2.24) is 15.1 Å². The first kappa shape index (κ1) is 15.1. The van der Waals surface area contributed by atoms with E-state index in [1.807, 2.05) is 30.3 Å². The minimum atomic E-state index is -0.678. The fourth-order valence-corrected chi connectivity index (χ4v) is 2.10. The molecule has 0 bridgehead atoms. The molecule has 0 radical (unpaired) electrons. The standard InChI is InChI=1S/C14H14ClN3O3/c1-9-12(14(20)21-8-11(19)16-2)13(15)18(17-9)10-6-4-3-5-7-10/h3-7H,8H2,1-2H3,(H,16,19). The van der Waals surface area contributed by atoms with Crippen LogP contribution in [0.3, 0.4) is 0 Å². The van der Waals surface area contributed by atoms with Crippen molar-refractivity contribution in [1.29, 1.82) is 0 Å². The van der Waals surface area contributed by atoms with E-state index in [-0.39, 0.29) is 17.3 Å². The molecule has 0 saturated carbocycles. The van der Waals surface area contributed by atoms with Gasteiger partial charge in [-0.2, -0.15) is 5.10 Å². The van der Waals surface area contributed by atoms with Crippen LogP contribution in [0.1, 0.15) is 16.1 Å². The van der Waals surface area contributed by atoms with Crippen LogP contribution in [0.5, 0.6) is 0 Å². The Morgan fingerprint density at radius 2 is 2.00 bits per heavy atom. The van der Waals surface area contributed by atoms with Gasteiger partial charge in [-0.25, -0.2) is 9.48 Å². The number of halogens is 1. The zero-order valence-corrected chi connectivity index (χ0v) is 12.3. The van der Waals surface area contributed by atoms with Crippen molar-refractivity contribution in [3.8, 4) is 5.69 Å². The van der Waals surface area contributed by atoms with Gasteiger partial charge in [-0.1, -0.05) is 29.8 Å². The SMILES string of the molecule is CNC(=O)COC(=O)c1c(C)nn(-c2ccccc2)c1Cl. The van der Waals surface area contributed by atoms with E-state index in [1.54, 1.807) is 6.92 Å². The van der Waals surface area contributed by atoms with Gasteiger partial charge in [0.15, 0.2) is 6.61 Å². The zero-order chi connectivity index (χ0) is 15.4. The fourth-order valence-electron chi connectivity index (χ4n) is 1.75. The Kier molecular flexibility index (Phi) is 4.59. The lowest BCUT2D eigenvalue weighted by atomic mass is 10.2. The van der Waals surface area contributed by atoms with Gasteiger partial charge in [0.1, 0.15) is 10.7 Å². The number of aromatic nitrogens is 2. The first-order valence-corrected chi connectivity index (χ1v) is 6.60. The second-order valence-corrected chi connectivity index (χ2v) is 4.61. The molecule has 0 atom stereocenters. The number of nitrogens with zero attached hydrogens (tertiary/aromatic N) is 2. The molecule has 21 heavy (non-hydrogen) atoms. The summed E-state index contributed by atoms with van der Waals surface area (Å²) < 4.78 is 6.35. The number of rotatable bonds is 4. The highest BCUT2D eigenvalue weighted by atomic mass is 35.5. The number of benzene rings is 1. The Morgan fingerprint density at radius 3 is 2.62 bits per heavy atom. The monoisotopic (exact) mass is 307 g/mol. The number of nitrogens with one attached hydrogen (secondary N) is 1. The lowest BCUT2D eigenvalue weighted by Gasteiger charge is -2.04. The third kappa shape index (κ3) is 3.22. The quantitative estimate of drug-likeness (QED) is 0.873. The topological polar surface area (TPSA) is 73.2 Å². The number of carbonyl (C=O) groups excluding carboxylic acids is 2. The molecule has 0 unspecified atom stereocenters. The van der Waals surface area contributed by atoms with Crippen molar-refractivity contribution in [2.24, 2.45) is 0 Å². The molecule has 1 aromatic carbocycles. The number of hydrogen-bond donors (Lipinski definition) is 1. The van der Waals surface area contributed by atoms with Gasteiger partial charge in [0.2, 0.25) is 0 Å². The summed E-state index contributed by atoms with van der Waals surface area (Å²) in [5.41, 5.74) is 1.33. The largest absolute Gasteiger partial charge is 0.452 e. The van der Waals surface area contributed by atoms with Gasteiger partial charge in [0.25, 0.3) is 5.91 Å². The number of aryl methyl sites for hydroxylation is 1. The van der Waals surface area contributed by atoms with E-state index in [9.17, 15) is 9.59 Å². The average Bonchev–Trinajstić information content (AvgIpc) is 2.80. The molecule has 1 aromatic heterocycles. The zero-order valence-electron chi connectivity index (χ0n) is 11.6. The minimum absolute atomic E-state index is 0.153. The molecule has 110 valence electrons. The molecule has 0 spiro atoms. The molecule has 0 fully saturated rings. The minimum Gasteiger partial charge on any atom is -0.452 e. The van der Waals surface area contributed by atoms with E-state index in [0.717, 1.165) is 5.69 Å². The van der Waals surface area contributed by atoms with Gasteiger partial charge < -0.3 is 10.1 Å². The van der Waals surface area contributed by atoms with Crippen molar-refractivity contribution in [2.75, 3.05) is 13.7 Å². The van der Waals surface area contributed by atoms with Crippen molar-refractivity contribution >= 4 is 23.5 Å². The molecule has 0 aliphatic carbocycles. The highest BCUT2D eigenvalue weighted by Crippen LogP contribution is 2.24. The maximum atomic E-state index is 12.0. The third-order valence-corrected chi connectivity index (χ3v) is 3.17. The molecule has 0 saturated heterocycles. The molecule has 7 heteroatoms. The summed E-state index contributed by atoms with van der Waals surface area (Å²) in [7, 11) is 1.46. The van der Waals surface area contributed by atoms with Crippen molar-refractivity contribution < 1.29 is 14.3 Å². The molecular formula is C14H14ClN3O3. The predicted octanol–water partition coefficient (Wildman–Crippen LogP) is 1.74. The Balaban J connectivity index is 2.27. The van der Waals surface area contributed by atoms with Crippen LogP contribution in [-0.2, 0) is 9.53 Å². The second kappa shape index (κ2) is 6.41. The van der Waals surface area contributed by atoms with Crippen LogP contribution in [0.15, 0.2) is 30.3 Å². The highest BCUT2D eigenvalue weighted by molar-refractivity contribution is 6.33. The molecule has 2 rings (SSSR count). The van der Waals surface area contributed by atoms with Crippen LogP contribution in [0.25, 0.3) is 5.69 Å². The molecule has 0 aliphatic heterocycles. The van der Waals surface area contributed by atoms with E-state index in [0.29, 0.717) is 5.69 Å². The van der Waals surface area contributed by atoms with Gasteiger partial charge >= 0.3 is 5.97 Å². The number of ether oxygens (including phenoxy) is 1. The van der Waals surface area contributed by atoms with Crippen LogP contribution in [0, 0.1) is 6.92 Å². The van der Waals surface area contributed by atoms with Crippen molar-refractivity contribution in [3.05, 3.63) is 46.7 Å². The van der Waals surface area contributed by atoms with Crippen LogP contribution in [0.2, 0.25) is 5.15 Å². The summed E-state index contributed by atoms with van der Waals surface area (Å²) in [6, 6.07) is 9.18. The number of carbonyl (C=O) groups is 2. The summed E-state index contributed by atoms with van der Waals surface area (Å²) in [6.07, 6.45) is 0. The van der Waals surface area contributed by atoms with Crippen molar-refractivity contribution in [3.63, 3.8) is 0 Å². The fraction of sp³-hybridized carbons (Fsp3) is 0.214. The van der Waals surface area contributed by atoms with Crippen LogP contribution >= 0.6 is 11.6 Å². The second-order valence-electron chi connectivity index (χ2n) is 4.25. The van der Waals surface area contributed by atoms with E-state index < -0.39 is 11.9 Å². The predicted molar refractivity (Wildman–Crippen MR) is 77.7 cm³/mol. The molecular weight excluding hydrogens is 294 g/mol. The van der Waals surface area contributed by atoms with Gasteiger partial charge in [-0.05, 0) is 19.1 Å². The van der Waals surface area contributed by atoms with Gasteiger partial charge in [0, 0.05) is 7.05 Å². The number of para-hydroxylation sites is 1.